The van der Waals surface area contributed by atoms with E-state index in [1.807, 2.05) is 0 Å². The molecule has 1 saturated heterocycles. The van der Waals surface area contributed by atoms with E-state index in [4.69, 9.17) is 17.3 Å². The van der Waals surface area contributed by atoms with Crippen LogP contribution < -0.4 is 0 Å². The first-order valence-electron chi connectivity index (χ1n) is 12.0. The highest BCUT2D eigenvalue weighted by atomic mass is 32.1. The number of hydrogen-bond acceptors (Lipinski definition) is 5. The highest BCUT2D eigenvalue weighted by Crippen LogP contribution is 2.30. The Morgan fingerprint density at radius 1 is 0.933 bits per heavy atom. The molecule has 0 bridgehead atoms. The third-order valence-electron chi connectivity index (χ3n) is 7.32. The van der Waals surface area contributed by atoms with Crippen molar-refractivity contribution in [2.75, 3.05) is 13.1 Å². The fourth-order valence-corrected chi connectivity index (χ4v) is 6.15. The molecule has 30 heavy (non-hydrogen) atoms. The van der Waals surface area contributed by atoms with Crippen LogP contribution in [-0.2, 0) is 19.6 Å². The molecule has 3 aliphatic rings. The number of aryl methyl sites for hydroxylation is 2. The Kier molecular flexibility index (Phi) is 6.05. The van der Waals surface area contributed by atoms with Crippen LogP contribution in [0, 0.1) is 11.7 Å². The molecule has 2 aromatic heterocycles. The van der Waals surface area contributed by atoms with Crippen molar-refractivity contribution < 1.29 is 0 Å². The summed E-state index contributed by atoms with van der Waals surface area (Å²) in [6.45, 7) is 6.12. The topological polar surface area (TPSA) is 56.7 Å². The van der Waals surface area contributed by atoms with Gasteiger partial charge >= 0.3 is 0 Å². The van der Waals surface area contributed by atoms with Crippen LogP contribution in [0.1, 0.15) is 93.6 Å². The fraction of sp³-hybridized carbons (Fsp3) is 0.818. The predicted molar refractivity (Wildman–Crippen MR) is 119 cm³/mol. The van der Waals surface area contributed by atoms with Gasteiger partial charge in [-0.15, -0.1) is 10.2 Å². The van der Waals surface area contributed by atoms with Crippen molar-refractivity contribution in [3.05, 3.63) is 22.2 Å². The third kappa shape index (κ3) is 4.00. The van der Waals surface area contributed by atoms with Crippen molar-refractivity contribution in [1.29, 1.82) is 0 Å². The number of hydrogen-bond donors (Lipinski definition) is 0. The zero-order chi connectivity index (χ0) is 20.5. The molecular weight excluding hydrogens is 394 g/mol. The molecule has 1 aliphatic carbocycles. The molecule has 2 fully saturated rings. The lowest BCUT2D eigenvalue weighted by atomic mass is 9.95. The van der Waals surface area contributed by atoms with Crippen LogP contribution >= 0.6 is 12.2 Å². The molecule has 0 unspecified atom stereocenters. The van der Waals surface area contributed by atoms with Gasteiger partial charge in [0.25, 0.3) is 0 Å². The predicted octanol–water partition coefficient (Wildman–Crippen LogP) is 4.38. The summed E-state index contributed by atoms with van der Waals surface area (Å²) in [4.78, 5) is 2.51. The molecule has 0 amide bonds. The molecule has 1 atom stereocenters. The van der Waals surface area contributed by atoms with E-state index in [0.29, 0.717) is 12.0 Å². The van der Waals surface area contributed by atoms with Gasteiger partial charge in [-0.2, -0.15) is 5.10 Å². The Bertz CT molecular complexity index is 921. The maximum Gasteiger partial charge on any atom is 0.199 e. The monoisotopic (exact) mass is 429 g/mol. The summed E-state index contributed by atoms with van der Waals surface area (Å²) in [5.74, 6) is 3.95. The number of likely N-dealkylation sites (tertiary alicyclic amines) is 1. The molecule has 0 spiro atoms. The maximum absolute atomic E-state index is 5.88. The molecule has 4 heterocycles. The molecule has 0 aromatic carbocycles. The van der Waals surface area contributed by atoms with E-state index in [1.54, 1.807) is 0 Å². The molecule has 5 rings (SSSR count). The first kappa shape index (κ1) is 20.4. The van der Waals surface area contributed by atoms with Crippen LogP contribution in [0.4, 0.5) is 0 Å². The number of piperidine rings is 1. The summed E-state index contributed by atoms with van der Waals surface area (Å²) >= 11 is 5.88. The van der Waals surface area contributed by atoms with Gasteiger partial charge in [0.1, 0.15) is 17.5 Å². The number of fused-ring (bicyclic) bond motifs is 1. The highest BCUT2D eigenvalue weighted by molar-refractivity contribution is 7.71. The lowest BCUT2D eigenvalue weighted by molar-refractivity contribution is 0.151. The fourth-order valence-electron chi connectivity index (χ4n) is 5.77. The molecule has 1 saturated carbocycles. The summed E-state index contributed by atoms with van der Waals surface area (Å²) in [5.41, 5.74) is 0. The molecule has 164 valence electrons. The van der Waals surface area contributed by atoms with Gasteiger partial charge in [0.15, 0.2) is 4.77 Å². The number of aromatic nitrogens is 6. The largest absolute Gasteiger partial charge is 0.315 e. The lowest BCUT2D eigenvalue weighted by Crippen LogP contribution is -2.37. The quantitative estimate of drug-likeness (QED) is 0.675. The van der Waals surface area contributed by atoms with Crippen LogP contribution in [0.25, 0.3) is 0 Å². The van der Waals surface area contributed by atoms with E-state index in [-0.39, 0.29) is 0 Å². The van der Waals surface area contributed by atoms with Gasteiger partial charge in [0, 0.05) is 31.5 Å². The summed E-state index contributed by atoms with van der Waals surface area (Å²) in [6.07, 6.45) is 13.8. The van der Waals surface area contributed by atoms with Gasteiger partial charge in [-0.25, -0.2) is 4.68 Å². The smallest absolute Gasteiger partial charge is 0.199 e. The van der Waals surface area contributed by atoms with Crippen molar-refractivity contribution in [2.45, 2.75) is 103 Å². The summed E-state index contributed by atoms with van der Waals surface area (Å²) in [7, 11) is 0. The molecule has 0 N–H and O–H groups in total. The average molecular weight is 430 g/mol. The van der Waals surface area contributed by atoms with Crippen molar-refractivity contribution in [3.8, 4) is 0 Å². The van der Waals surface area contributed by atoms with Gasteiger partial charge in [0.05, 0.1) is 6.67 Å². The van der Waals surface area contributed by atoms with Crippen molar-refractivity contribution >= 4 is 12.2 Å². The standard InChI is InChI=1S/C22H35N7S/c1-17-25-28(22(30)29(17)19-10-4-2-5-11-19)16-26-13-8-9-18(15-26)21-24-23-20-12-6-3-7-14-27(20)21/h18-19H,2-16H2,1H3/t18-/m1/s1. The Hall–Kier alpha value is -1.54. The summed E-state index contributed by atoms with van der Waals surface area (Å²) < 4.78 is 7.72. The van der Waals surface area contributed by atoms with Gasteiger partial charge in [-0.05, 0) is 64.2 Å². The Balaban J connectivity index is 1.31. The maximum atomic E-state index is 5.88. The summed E-state index contributed by atoms with van der Waals surface area (Å²) in [6, 6.07) is 0.542. The second-order valence-electron chi connectivity index (χ2n) is 9.49. The van der Waals surface area contributed by atoms with Crippen molar-refractivity contribution in [2.24, 2.45) is 0 Å². The second kappa shape index (κ2) is 8.91. The van der Waals surface area contributed by atoms with Crippen molar-refractivity contribution in [1.82, 2.24) is 34.0 Å². The molecule has 8 heteroatoms. The van der Waals surface area contributed by atoms with E-state index in [0.717, 1.165) is 43.3 Å². The summed E-state index contributed by atoms with van der Waals surface area (Å²) in [5, 5.41) is 14.0. The minimum absolute atomic E-state index is 0.466. The average Bonchev–Trinajstić information content (AvgIpc) is 3.19. The lowest BCUT2D eigenvalue weighted by Gasteiger charge is -2.32. The van der Waals surface area contributed by atoms with Gasteiger partial charge in [-0.1, -0.05) is 25.7 Å². The van der Waals surface area contributed by atoms with E-state index < -0.39 is 0 Å². The molecular formula is C22H35N7S. The Morgan fingerprint density at radius 3 is 2.63 bits per heavy atom. The molecule has 0 radical (unpaired) electrons. The first-order valence-corrected chi connectivity index (χ1v) is 12.4. The Morgan fingerprint density at radius 2 is 1.77 bits per heavy atom. The van der Waals surface area contributed by atoms with Crippen molar-refractivity contribution in [3.63, 3.8) is 0 Å². The van der Waals surface area contributed by atoms with E-state index in [2.05, 4.69) is 35.8 Å². The zero-order valence-corrected chi connectivity index (χ0v) is 19.1. The van der Waals surface area contributed by atoms with E-state index in [9.17, 15) is 0 Å². The zero-order valence-electron chi connectivity index (χ0n) is 18.3. The van der Waals surface area contributed by atoms with Gasteiger partial charge < -0.3 is 9.13 Å². The first-order chi connectivity index (χ1) is 14.7. The van der Waals surface area contributed by atoms with Gasteiger partial charge in [-0.3, -0.25) is 4.90 Å². The molecule has 2 aliphatic heterocycles. The second-order valence-corrected chi connectivity index (χ2v) is 9.85. The number of rotatable bonds is 4. The van der Waals surface area contributed by atoms with Crippen LogP contribution in [0.2, 0.25) is 0 Å². The van der Waals surface area contributed by atoms with E-state index in [1.165, 1.54) is 75.9 Å². The minimum Gasteiger partial charge on any atom is -0.315 e. The van der Waals surface area contributed by atoms with Crippen LogP contribution in [0.15, 0.2) is 0 Å². The molecule has 2 aromatic rings. The van der Waals surface area contributed by atoms with Crippen LogP contribution in [0.3, 0.4) is 0 Å². The minimum atomic E-state index is 0.466. The normalized spacial score (nSPS) is 24.0. The highest BCUT2D eigenvalue weighted by Gasteiger charge is 2.28. The van der Waals surface area contributed by atoms with Crippen LogP contribution in [-0.4, -0.2) is 47.1 Å². The Labute approximate surface area is 184 Å². The van der Waals surface area contributed by atoms with E-state index >= 15 is 0 Å². The number of nitrogens with zero attached hydrogens (tertiary/aromatic N) is 7. The van der Waals surface area contributed by atoms with Crippen LogP contribution in [0.5, 0.6) is 0 Å². The third-order valence-corrected chi connectivity index (χ3v) is 7.73. The van der Waals surface area contributed by atoms with Gasteiger partial charge in [0.2, 0.25) is 0 Å². The molecule has 7 nitrogen and oxygen atoms in total. The SMILES string of the molecule is Cc1nn(CN2CCC[C@@H](c3nnc4n3CCCCC4)C2)c(=S)n1C1CCCCC1.